The Balaban J connectivity index is 1.84. The summed E-state index contributed by atoms with van der Waals surface area (Å²) in [5.74, 6) is 0. The van der Waals surface area contributed by atoms with Crippen molar-refractivity contribution in [1.82, 2.24) is 0 Å². The lowest BCUT2D eigenvalue weighted by atomic mass is 10.1. The molecule has 0 aliphatic carbocycles. The Morgan fingerprint density at radius 1 is 1.05 bits per heavy atom. The van der Waals surface area contributed by atoms with E-state index in [-0.39, 0.29) is 16.2 Å². The summed E-state index contributed by atoms with van der Waals surface area (Å²) in [5, 5.41) is -0.194. The predicted molar refractivity (Wildman–Crippen MR) is 80.9 cm³/mol. The van der Waals surface area contributed by atoms with Crippen LogP contribution in [0.25, 0.3) is 0 Å². The zero-order chi connectivity index (χ0) is 14.9. The molecule has 0 aromatic heterocycles. The summed E-state index contributed by atoms with van der Waals surface area (Å²) < 4.78 is 30.5. The van der Waals surface area contributed by atoms with E-state index < -0.39 is 9.84 Å². The molecule has 0 spiro atoms. The van der Waals surface area contributed by atoms with E-state index in [9.17, 15) is 8.42 Å². The fraction of sp³-hybridized carbons (Fsp3) is 0.188. The normalized spacial score (nSPS) is 18.1. The third kappa shape index (κ3) is 2.69. The number of aryl methyl sites for hydroxylation is 1. The molecule has 2 aromatic rings. The zero-order valence-corrected chi connectivity index (χ0v) is 12.4. The van der Waals surface area contributed by atoms with Gasteiger partial charge >= 0.3 is 5.23 Å². The topological polar surface area (TPSA) is 55.7 Å². The fourth-order valence-electron chi connectivity index (χ4n) is 2.16. The first-order valence-electron chi connectivity index (χ1n) is 6.65. The minimum absolute atomic E-state index is 0.194. The van der Waals surface area contributed by atoms with E-state index >= 15 is 0 Å². The summed E-state index contributed by atoms with van der Waals surface area (Å²) in [5.41, 5.74) is 1.93. The summed E-state index contributed by atoms with van der Waals surface area (Å²) in [6.45, 7) is 2.23. The van der Waals surface area contributed by atoms with Crippen molar-refractivity contribution >= 4 is 15.1 Å². The Kier molecular flexibility index (Phi) is 3.51. The Bertz CT molecular complexity index is 765. The molecule has 4 nitrogen and oxygen atoms in total. The lowest BCUT2D eigenvalue weighted by molar-refractivity contribution is 0.234. The molecule has 108 valence electrons. The Labute approximate surface area is 124 Å². The smallest absolute Gasteiger partial charge is 0.310 e. The molecule has 5 heteroatoms. The number of hydrogen-bond acceptors (Lipinski definition) is 4. The van der Waals surface area contributed by atoms with Crippen molar-refractivity contribution in [1.29, 1.82) is 0 Å². The van der Waals surface area contributed by atoms with Gasteiger partial charge in [-0.25, -0.2) is 13.4 Å². The van der Waals surface area contributed by atoms with Gasteiger partial charge in [0.25, 0.3) is 9.84 Å². The molecule has 1 aliphatic rings. The second-order valence-corrected chi connectivity index (χ2v) is 6.77. The molecule has 0 bridgehead atoms. The van der Waals surface area contributed by atoms with Crippen LogP contribution in [-0.2, 0) is 14.6 Å². The van der Waals surface area contributed by atoms with Gasteiger partial charge in [0.05, 0.1) is 11.4 Å². The number of nitrogens with zero attached hydrogens (tertiary/aromatic N) is 1. The number of sulfone groups is 1. The molecule has 21 heavy (non-hydrogen) atoms. The minimum Gasteiger partial charge on any atom is -0.459 e. The van der Waals surface area contributed by atoms with Gasteiger partial charge in [0.15, 0.2) is 0 Å². The molecule has 1 aliphatic heterocycles. The summed E-state index contributed by atoms with van der Waals surface area (Å²) in [7, 11) is -3.67. The molecule has 0 N–H and O–H groups in total. The summed E-state index contributed by atoms with van der Waals surface area (Å²) in [6, 6.07) is 16.2. The van der Waals surface area contributed by atoms with Crippen LogP contribution in [-0.4, -0.2) is 20.2 Å². The molecule has 1 heterocycles. The van der Waals surface area contributed by atoms with Gasteiger partial charge in [-0.15, -0.1) is 0 Å². The molecular formula is C16H15NO3S. The molecule has 3 rings (SSSR count). The standard InChI is InChI=1S/C16H15NO3S/c1-12-7-9-14(10-8-12)21(18,19)16-17-11-15(20-16)13-5-3-2-4-6-13/h2-10,15H,11H2,1H3/t15-/m0/s1. The van der Waals surface area contributed by atoms with Gasteiger partial charge < -0.3 is 4.74 Å². The Hall–Kier alpha value is -2.14. The van der Waals surface area contributed by atoms with E-state index in [2.05, 4.69) is 4.99 Å². The van der Waals surface area contributed by atoms with Crippen molar-refractivity contribution in [2.75, 3.05) is 6.54 Å². The van der Waals surface area contributed by atoms with Gasteiger partial charge in [-0.05, 0) is 24.6 Å². The van der Waals surface area contributed by atoms with E-state index in [0.29, 0.717) is 6.54 Å². The summed E-state index contributed by atoms with van der Waals surface area (Å²) >= 11 is 0. The van der Waals surface area contributed by atoms with Crippen LogP contribution in [0.3, 0.4) is 0 Å². The van der Waals surface area contributed by atoms with Crippen molar-refractivity contribution < 1.29 is 13.2 Å². The summed E-state index contributed by atoms with van der Waals surface area (Å²) in [4.78, 5) is 4.28. The maximum atomic E-state index is 12.5. The van der Waals surface area contributed by atoms with Gasteiger partial charge in [-0.3, -0.25) is 0 Å². The first kappa shape index (κ1) is 13.8. The third-order valence-corrected chi connectivity index (χ3v) is 4.94. The average Bonchev–Trinajstić information content (AvgIpc) is 2.99. The van der Waals surface area contributed by atoms with Gasteiger partial charge in [0.1, 0.15) is 6.10 Å². The highest BCUT2D eigenvalue weighted by Crippen LogP contribution is 2.27. The lowest BCUT2D eigenvalue weighted by Gasteiger charge is -2.11. The maximum absolute atomic E-state index is 12.5. The fourth-order valence-corrected chi connectivity index (χ4v) is 3.34. The average molecular weight is 301 g/mol. The third-order valence-electron chi connectivity index (χ3n) is 3.36. The second-order valence-electron chi connectivity index (χ2n) is 4.94. The number of hydrogen-bond donors (Lipinski definition) is 0. The highest BCUT2D eigenvalue weighted by Gasteiger charge is 2.32. The van der Waals surface area contributed by atoms with Crippen LogP contribution >= 0.6 is 0 Å². The quantitative estimate of drug-likeness (QED) is 0.857. The van der Waals surface area contributed by atoms with Gasteiger partial charge in [0, 0.05) is 0 Å². The SMILES string of the molecule is Cc1ccc(S(=O)(=O)C2=NC[C@@H](c3ccccc3)O2)cc1. The minimum atomic E-state index is -3.67. The predicted octanol–water partition coefficient (Wildman–Crippen LogP) is 2.90. The van der Waals surface area contributed by atoms with Crippen LogP contribution in [0.4, 0.5) is 0 Å². The van der Waals surface area contributed by atoms with Crippen molar-refractivity contribution in [2.45, 2.75) is 17.9 Å². The first-order chi connectivity index (χ1) is 10.1. The lowest BCUT2D eigenvalue weighted by Crippen LogP contribution is -2.16. The largest absolute Gasteiger partial charge is 0.459 e. The van der Waals surface area contributed by atoms with E-state index in [1.54, 1.807) is 24.3 Å². The molecular weight excluding hydrogens is 286 g/mol. The highest BCUT2D eigenvalue weighted by molar-refractivity contribution is 8.06. The molecule has 0 saturated carbocycles. The van der Waals surface area contributed by atoms with Crippen molar-refractivity contribution in [2.24, 2.45) is 4.99 Å². The van der Waals surface area contributed by atoms with E-state index in [1.165, 1.54) is 0 Å². The molecule has 0 radical (unpaired) electrons. The monoisotopic (exact) mass is 301 g/mol. The van der Waals surface area contributed by atoms with Crippen LogP contribution in [0.15, 0.2) is 64.5 Å². The molecule has 0 saturated heterocycles. The molecule has 2 aromatic carbocycles. The van der Waals surface area contributed by atoms with Gasteiger partial charge in [0.2, 0.25) is 0 Å². The van der Waals surface area contributed by atoms with E-state index in [1.807, 2.05) is 37.3 Å². The van der Waals surface area contributed by atoms with Gasteiger partial charge in [-0.1, -0.05) is 48.0 Å². The molecule has 0 amide bonds. The molecule has 0 unspecified atom stereocenters. The molecule has 1 atom stereocenters. The van der Waals surface area contributed by atoms with E-state index in [4.69, 9.17) is 4.74 Å². The van der Waals surface area contributed by atoms with Crippen LogP contribution in [0.5, 0.6) is 0 Å². The van der Waals surface area contributed by atoms with Crippen molar-refractivity contribution in [3.05, 3.63) is 65.7 Å². The Morgan fingerprint density at radius 3 is 2.38 bits per heavy atom. The molecule has 0 fully saturated rings. The second kappa shape index (κ2) is 5.33. The number of benzene rings is 2. The van der Waals surface area contributed by atoms with E-state index in [0.717, 1.165) is 11.1 Å². The zero-order valence-electron chi connectivity index (χ0n) is 11.6. The van der Waals surface area contributed by atoms with Crippen LogP contribution in [0.1, 0.15) is 17.2 Å². The highest BCUT2D eigenvalue weighted by atomic mass is 32.2. The summed E-state index contributed by atoms with van der Waals surface area (Å²) in [6.07, 6.45) is -0.332. The van der Waals surface area contributed by atoms with Crippen molar-refractivity contribution in [3.8, 4) is 0 Å². The van der Waals surface area contributed by atoms with Gasteiger partial charge in [-0.2, -0.15) is 0 Å². The first-order valence-corrected chi connectivity index (χ1v) is 8.13. The van der Waals surface area contributed by atoms with Crippen LogP contribution in [0.2, 0.25) is 0 Å². The van der Waals surface area contributed by atoms with Crippen LogP contribution < -0.4 is 0 Å². The number of aliphatic imine (C=N–C) groups is 1. The number of rotatable bonds is 2. The number of ether oxygens (including phenoxy) is 1. The maximum Gasteiger partial charge on any atom is 0.310 e. The Morgan fingerprint density at radius 2 is 1.71 bits per heavy atom. The van der Waals surface area contributed by atoms with Crippen LogP contribution in [0, 0.1) is 6.92 Å². The van der Waals surface area contributed by atoms with Crippen molar-refractivity contribution in [3.63, 3.8) is 0 Å².